The van der Waals surface area contributed by atoms with E-state index in [1.165, 1.54) is 4.90 Å². The lowest BCUT2D eigenvalue weighted by molar-refractivity contribution is -0.190. The lowest BCUT2D eigenvalue weighted by Crippen LogP contribution is -2.49. The van der Waals surface area contributed by atoms with Crippen molar-refractivity contribution in [2.24, 2.45) is 11.8 Å². The summed E-state index contributed by atoms with van der Waals surface area (Å²) in [6, 6.07) is 6.67. The fraction of sp³-hybridized carbons (Fsp3) is 0.444. The molecule has 0 spiro atoms. The average molecular weight is 362 g/mol. The molecule has 2 bridgehead atoms. The van der Waals surface area contributed by atoms with E-state index in [4.69, 9.17) is 25.8 Å². The third-order valence-corrected chi connectivity index (χ3v) is 5.81. The smallest absolute Gasteiger partial charge is 0.241 e. The van der Waals surface area contributed by atoms with Crippen molar-refractivity contribution in [3.8, 4) is 0 Å². The van der Waals surface area contributed by atoms with Gasteiger partial charge in [0.05, 0.1) is 36.3 Å². The second-order valence-electron chi connectivity index (χ2n) is 6.99. The van der Waals surface area contributed by atoms with Gasteiger partial charge in [-0.3, -0.25) is 9.59 Å². The van der Waals surface area contributed by atoms with Gasteiger partial charge in [-0.1, -0.05) is 17.7 Å². The Bertz CT molecular complexity index is 802. The van der Waals surface area contributed by atoms with Crippen molar-refractivity contribution in [3.05, 3.63) is 41.4 Å². The lowest BCUT2D eigenvalue weighted by atomic mass is 9.72. The maximum atomic E-state index is 13.2. The highest BCUT2D eigenvalue weighted by atomic mass is 35.5. The molecule has 2 amide bonds. The molecule has 4 aliphatic heterocycles. The van der Waals surface area contributed by atoms with Crippen molar-refractivity contribution in [1.82, 2.24) is 0 Å². The molecule has 0 radical (unpaired) electrons. The number of fused-ring (bicyclic) bond motifs is 5. The second kappa shape index (κ2) is 4.92. The molecule has 1 aromatic rings. The van der Waals surface area contributed by atoms with Crippen LogP contribution in [0.1, 0.15) is 6.92 Å². The number of imide groups is 1. The summed E-state index contributed by atoms with van der Waals surface area (Å²) in [6.07, 6.45) is 3.01. The largest absolute Gasteiger partial charge is 0.354 e. The predicted molar refractivity (Wildman–Crippen MR) is 88.0 cm³/mol. The van der Waals surface area contributed by atoms with Crippen LogP contribution in [-0.4, -0.2) is 42.5 Å². The third kappa shape index (κ3) is 1.85. The average Bonchev–Trinajstić information content (AvgIpc) is 3.31. The molecular formula is C18H16ClNO5. The highest BCUT2D eigenvalue weighted by Gasteiger charge is 2.75. The molecule has 1 aromatic carbocycles. The zero-order valence-electron chi connectivity index (χ0n) is 13.5. The molecule has 4 atom stereocenters. The van der Waals surface area contributed by atoms with Crippen molar-refractivity contribution < 1.29 is 23.8 Å². The van der Waals surface area contributed by atoms with Gasteiger partial charge in [-0.2, -0.15) is 0 Å². The van der Waals surface area contributed by atoms with Crippen LogP contribution in [0.15, 0.2) is 36.4 Å². The number of benzene rings is 1. The van der Waals surface area contributed by atoms with Gasteiger partial charge in [0.1, 0.15) is 0 Å². The number of halogens is 1. The van der Waals surface area contributed by atoms with Crippen LogP contribution in [0.3, 0.4) is 0 Å². The monoisotopic (exact) mass is 361 g/mol. The molecule has 4 heterocycles. The predicted octanol–water partition coefficient (Wildman–Crippen LogP) is 1.92. The van der Waals surface area contributed by atoms with Crippen molar-refractivity contribution in [3.63, 3.8) is 0 Å². The first kappa shape index (κ1) is 15.5. The van der Waals surface area contributed by atoms with Crippen molar-refractivity contribution in [2.75, 3.05) is 18.1 Å². The van der Waals surface area contributed by atoms with Crippen LogP contribution >= 0.6 is 11.6 Å². The molecule has 130 valence electrons. The fourth-order valence-electron chi connectivity index (χ4n) is 4.52. The summed E-state index contributed by atoms with van der Waals surface area (Å²) in [5.41, 5.74) is -1.38. The molecule has 0 aliphatic carbocycles. The number of hydrogen-bond donors (Lipinski definition) is 0. The first-order valence-electron chi connectivity index (χ1n) is 8.23. The fourth-order valence-corrected chi connectivity index (χ4v) is 4.64. The number of carbonyl (C=O) groups excluding carboxylic acids is 2. The number of carbonyl (C=O) groups is 2. The Kier molecular flexibility index (Phi) is 3.05. The van der Waals surface area contributed by atoms with Gasteiger partial charge in [-0.15, -0.1) is 0 Å². The van der Waals surface area contributed by atoms with E-state index < -0.39 is 29.3 Å². The molecule has 7 heteroatoms. The zero-order valence-corrected chi connectivity index (χ0v) is 14.2. The SMILES string of the molecule is C[C@]12C=C[C@](C3OCCO3)(O1)[C@@H]1C(=O)N(c3ccc(Cl)cc3)C(=O)[C@@H]12. The van der Waals surface area contributed by atoms with Crippen LogP contribution in [0.2, 0.25) is 5.02 Å². The van der Waals surface area contributed by atoms with Gasteiger partial charge >= 0.3 is 0 Å². The zero-order chi connectivity index (χ0) is 17.4. The molecule has 25 heavy (non-hydrogen) atoms. The molecule has 6 nitrogen and oxygen atoms in total. The maximum Gasteiger partial charge on any atom is 0.241 e. The van der Waals surface area contributed by atoms with E-state index in [-0.39, 0.29) is 11.8 Å². The topological polar surface area (TPSA) is 65.1 Å². The van der Waals surface area contributed by atoms with E-state index in [2.05, 4.69) is 0 Å². The normalized spacial score (nSPS) is 39.7. The standard InChI is InChI=1S/C18H16ClNO5/c1-17-6-7-18(25-17,16-23-8-9-24-16)13-12(17)14(21)20(15(13)22)11-4-2-10(19)3-5-11/h2-7,12-13,16H,8-9H2,1H3/t12-,13+,17-,18+/m1/s1. The molecular weight excluding hydrogens is 346 g/mol. The Balaban J connectivity index is 1.59. The summed E-state index contributed by atoms with van der Waals surface area (Å²) in [6.45, 7) is 2.73. The number of nitrogens with zero attached hydrogens (tertiary/aromatic N) is 1. The summed E-state index contributed by atoms with van der Waals surface area (Å²) in [4.78, 5) is 27.6. The minimum atomic E-state index is -1.05. The van der Waals surface area contributed by atoms with Gasteiger partial charge in [-0.25, -0.2) is 4.90 Å². The van der Waals surface area contributed by atoms with Crippen molar-refractivity contribution >= 4 is 29.1 Å². The number of ether oxygens (including phenoxy) is 3. The van der Waals surface area contributed by atoms with E-state index in [1.807, 2.05) is 19.1 Å². The summed E-state index contributed by atoms with van der Waals surface area (Å²) in [5.74, 6) is -1.80. The lowest BCUT2D eigenvalue weighted by Gasteiger charge is -2.32. The molecule has 4 aliphatic rings. The minimum Gasteiger partial charge on any atom is -0.354 e. The quantitative estimate of drug-likeness (QED) is 0.595. The molecule has 0 N–H and O–H groups in total. The summed E-state index contributed by atoms with van der Waals surface area (Å²) >= 11 is 5.92. The van der Waals surface area contributed by atoms with E-state index in [1.54, 1.807) is 24.3 Å². The van der Waals surface area contributed by atoms with E-state index in [9.17, 15) is 9.59 Å². The van der Waals surface area contributed by atoms with Crippen molar-refractivity contribution in [1.29, 1.82) is 0 Å². The first-order chi connectivity index (χ1) is 12.0. The van der Waals surface area contributed by atoms with E-state index >= 15 is 0 Å². The van der Waals surface area contributed by atoms with Crippen LogP contribution in [0, 0.1) is 11.8 Å². The number of hydrogen-bond acceptors (Lipinski definition) is 5. The van der Waals surface area contributed by atoms with Gasteiger partial charge in [-0.05, 0) is 37.3 Å². The van der Waals surface area contributed by atoms with Gasteiger partial charge in [0, 0.05) is 5.02 Å². The van der Waals surface area contributed by atoms with Crippen molar-refractivity contribution in [2.45, 2.75) is 24.4 Å². The third-order valence-electron chi connectivity index (χ3n) is 5.56. The van der Waals surface area contributed by atoms with Gasteiger partial charge in [0.25, 0.3) is 0 Å². The number of amides is 2. The van der Waals surface area contributed by atoms with E-state index in [0.29, 0.717) is 23.9 Å². The minimum absolute atomic E-state index is 0.260. The highest BCUT2D eigenvalue weighted by Crippen LogP contribution is 2.59. The number of rotatable bonds is 2. The van der Waals surface area contributed by atoms with Gasteiger partial charge < -0.3 is 14.2 Å². The molecule has 0 aromatic heterocycles. The maximum absolute atomic E-state index is 13.2. The Morgan fingerprint density at radius 3 is 2.36 bits per heavy atom. The molecule has 0 unspecified atom stereocenters. The first-order valence-corrected chi connectivity index (χ1v) is 8.61. The van der Waals surface area contributed by atoms with Crippen LogP contribution in [0.25, 0.3) is 0 Å². The highest BCUT2D eigenvalue weighted by molar-refractivity contribution is 6.31. The van der Waals surface area contributed by atoms with E-state index in [0.717, 1.165) is 0 Å². The molecule has 5 rings (SSSR count). The van der Waals surface area contributed by atoms with Gasteiger partial charge in [0.15, 0.2) is 11.9 Å². The molecule has 3 fully saturated rings. The molecule has 3 saturated heterocycles. The summed E-state index contributed by atoms with van der Waals surface area (Å²) < 4.78 is 17.5. The Labute approximate surface area is 149 Å². The van der Waals surface area contributed by atoms with Crippen LogP contribution in [0.5, 0.6) is 0 Å². The Morgan fingerprint density at radius 1 is 1.04 bits per heavy atom. The Morgan fingerprint density at radius 2 is 1.68 bits per heavy atom. The van der Waals surface area contributed by atoms with Crippen LogP contribution in [-0.2, 0) is 23.8 Å². The summed E-state index contributed by atoms with van der Waals surface area (Å²) in [5, 5.41) is 0.546. The summed E-state index contributed by atoms with van der Waals surface area (Å²) in [7, 11) is 0. The van der Waals surface area contributed by atoms with Gasteiger partial charge in [0.2, 0.25) is 11.8 Å². The Hall–Kier alpha value is -1.73. The molecule has 0 saturated carbocycles. The second-order valence-corrected chi connectivity index (χ2v) is 7.43. The number of anilines is 1. The van der Waals surface area contributed by atoms with Crippen LogP contribution in [0.4, 0.5) is 5.69 Å². The van der Waals surface area contributed by atoms with Crippen LogP contribution < -0.4 is 4.90 Å².